The number of aromatic nitrogens is 3. The molecule has 3 rings (SSSR count). The highest BCUT2D eigenvalue weighted by atomic mass is 127. The lowest BCUT2D eigenvalue weighted by atomic mass is 10.2. The maximum absolute atomic E-state index is 13.2. The Balaban J connectivity index is 0.00000341. The Bertz CT molecular complexity index is 988. The first-order chi connectivity index (χ1) is 14.5. The Morgan fingerprint density at radius 1 is 1.10 bits per heavy atom. The predicted octanol–water partition coefficient (Wildman–Crippen LogP) is 3.67. The van der Waals surface area contributed by atoms with E-state index in [1.165, 1.54) is 12.1 Å². The summed E-state index contributed by atoms with van der Waals surface area (Å²) in [4.78, 5) is 6.77. The molecule has 9 heteroatoms. The molecule has 0 fully saturated rings. The van der Waals surface area contributed by atoms with E-state index in [0.717, 1.165) is 34.5 Å². The molecule has 0 bridgehead atoms. The highest BCUT2D eigenvalue weighted by Gasteiger charge is 2.11. The first kappa shape index (κ1) is 24.6. The van der Waals surface area contributed by atoms with Gasteiger partial charge in [-0.2, -0.15) is 0 Å². The zero-order valence-electron chi connectivity index (χ0n) is 18.2. The average molecular weight is 538 g/mol. The number of halogens is 2. The molecule has 0 amide bonds. The summed E-state index contributed by atoms with van der Waals surface area (Å²) in [6, 6.07) is 14.3. The van der Waals surface area contributed by atoms with E-state index < -0.39 is 0 Å². The van der Waals surface area contributed by atoms with Gasteiger partial charge in [-0.3, -0.25) is 0 Å². The fourth-order valence-electron chi connectivity index (χ4n) is 2.91. The minimum Gasteiger partial charge on any atom is -0.497 e. The average Bonchev–Trinajstić information content (AvgIpc) is 3.08. The number of aryl methyl sites for hydroxylation is 1. The largest absolute Gasteiger partial charge is 0.497 e. The summed E-state index contributed by atoms with van der Waals surface area (Å²) in [5.41, 5.74) is 2.06. The first-order valence-corrected chi connectivity index (χ1v) is 9.68. The minimum absolute atomic E-state index is 0. The number of guanidine groups is 1. The van der Waals surface area contributed by atoms with Crippen LogP contribution in [0.4, 0.5) is 4.39 Å². The Morgan fingerprint density at radius 2 is 1.74 bits per heavy atom. The van der Waals surface area contributed by atoms with Crippen molar-refractivity contribution in [3.63, 3.8) is 0 Å². The maximum atomic E-state index is 13.2. The zero-order valence-corrected chi connectivity index (χ0v) is 20.5. The van der Waals surface area contributed by atoms with Gasteiger partial charge in [0.1, 0.15) is 17.4 Å². The third-order valence-corrected chi connectivity index (χ3v) is 4.85. The summed E-state index contributed by atoms with van der Waals surface area (Å²) in [5, 5.41) is 11.7. The van der Waals surface area contributed by atoms with E-state index in [-0.39, 0.29) is 29.8 Å². The molecule has 0 unspecified atom stereocenters. The molecule has 0 aliphatic rings. The van der Waals surface area contributed by atoms with Crippen molar-refractivity contribution < 1.29 is 9.13 Å². The van der Waals surface area contributed by atoms with Crippen LogP contribution in [-0.2, 0) is 26.7 Å². The normalized spacial score (nSPS) is 11.1. The molecular formula is C22H28FIN6O. The Morgan fingerprint density at radius 3 is 2.32 bits per heavy atom. The van der Waals surface area contributed by atoms with Crippen molar-refractivity contribution in [2.45, 2.75) is 26.6 Å². The van der Waals surface area contributed by atoms with Gasteiger partial charge in [-0.25, -0.2) is 9.38 Å². The number of nitrogens with zero attached hydrogens (tertiary/aromatic N) is 5. The van der Waals surface area contributed by atoms with E-state index >= 15 is 0 Å². The van der Waals surface area contributed by atoms with Gasteiger partial charge in [0.2, 0.25) is 0 Å². The summed E-state index contributed by atoms with van der Waals surface area (Å²) in [6.07, 6.45) is 0. The van der Waals surface area contributed by atoms with Crippen LogP contribution in [0.1, 0.15) is 22.8 Å². The molecule has 31 heavy (non-hydrogen) atoms. The van der Waals surface area contributed by atoms with Gasteiger partial charge >= 0.3 is 0 Å². The van der Waals surface area contributed by atoms with Gasteiger partial charge in [-0.1, -0.05) is 24.3 Å². The molecule has 0 aliphatic heterocycles. The third-order valence-electron chi connectivity index (χ3n) is 4.85. The summed E-state index contributed by atoms with van der Waals surface area (Å²) < 4.78 is 20.4. The number of aliphatic imine (C=N–C) groups is 1. The molecule has 7 nitrogen and oxygen atoms in total. The second kappa shape index (κ2) is 11.6. The maximum Gasteiger partial charge on any atom is 0.194 e. The lowest BCUT2D eigenvalue weighted by molar-refractivity contribution is 0.414. The molecule has 166 valence electrons. The second-order valence-electron chi connectivity index (χ2n) is 7.05. The van der Waals surface area contributed by atoms with Crippen LogP contribution in [0.3, 0.4) is 0 Å². The number of rotatable bonds is 7. The van der Waals surface area contributed by atoms with Crippen LogP contribution in [0.5, 0.6) is 5.75 Å². The number of nitrogens with one attached hydrogen (secondary N) is 1. The van der Waals surface area contributed by atoms with Gasteiger partial charge in [0, 0.05) is 20.6 Å². The summed E-state index contributed by atoms with van der Waals surface area (Å²) in [5.74, 6) is 2.96. The van der Waals surface area contributed by atoms with Crippen molar-refractivity contribution in [3.8, 4) is 5.75 Å². The van der Waals surface area contributed by atoms with Crippen LogP contribution < -0.4 is 10.1 Å². The van der Waals surface area contributed by atoms with Crippen LogP contribution >= 0.6 is 24.0 Å². The number of hydrogen-bond acceptors (Lipinski definition) is 4. The molecule has 1 aromatic heterocycles. The van der Waals surface area contributed by atoms with Gasteiger partial charge in [0.25, 0.3) is 0 Å². The second-order valence-corrected chi connectivity index (χ2v) is 7.05. The van der Waals surface area contributed by atoms with E-state index in [0.29, 0.717) is 19.6 Å². The lowest BCUT2D eigenvalue weighted by Crippen LogP contribution is -2.38. The Kier molecular flexibility index (Phi) is 9.22. The van der Waals surface area contributed by atoms with Crippen LogP contribution in [-0.4, -0.2) is 39.8 Å². The molecule has 1 heterocycles. The molecule has 0 aliphatic carbocycles. The molecule has 0 radical (unpaired) electrons. The van der Waals surface area contributed by atoms with Crippen molar-refractivity contribution in [1.82, 2.24) is 25.0 Å². The van der Waals surface area contributed by atoms with Crippen LogP contribution in [0.2, 0.25) is 0 Å². The standard InChI is InChI=1S/C22H27FN6O.HI/c1-16-26-27-21(29(16)3)14-25-22(24-13-17-7-11-20(30-4)12-8-17)28(2)15-18-5-9-19(23)10-6-18;/h5-12H,13-15H2,1-4H3,(H,24,25);1H. The number of benzene rings is 2. The van der Waals surface area contributed by atoms with Crippen molar-refractivity contribution in [1.29, 1.82) is 0 Å². The van der Waals surface area contributed by atoms with Crippen molar-refractivity contribution >= 4 is 29.9 Å². The molecule has 0 saturated carbocycles. The van der Waals surface area contributed by atoms with Crippen LogP contribution in [0.25, 0.3) is 0 Å². The number of ether oxygens (including phenoxy) is 1. The monoisotopic (exact) mass is 538 g/mol. The highest BCUT2D eigenvalue weighted by molar-refractivity contribution is 14.0. The molecule has 0 atom stereocenters. The van der Waals surface area contributed by atoms with Crippen molar-refractivity contribution in [2.75, 3.05) is 14.2 Å². The van der Waals surface area contributed by atoms with Crippen LogP contribution in [0.15, 0.2) is 53.5 Å². The minimum atomic E-state index is -0.245. The molecular weight excluding hydrogens is 510 g/mol. The summed E-state index contributed by atoms with van der Waals surface area (Å²) in [7, 11) is 5.53. The predicted molar refractivity (Wildman–Crippen MR) is 130 cm³/mol. The molecule has 1 N–H and O–H groups in total. The molecule has 2 aromatic carbocycles. The van der Waals surface area contributed by atoms with Gasteiger partial charge in [0.05, 0.1) is 20.2 Å². The first-order valence-electron chi connectivity index (χ1n) is 9.68. The van der Waals surface area contributed by atoms with Crippen molar-refractivity contribution in [3.05, 3.63) is 77.1 Å². The fourth-order valence-corrected chi connectivity index (χ4v) is 2.91. The molecule has 0 spiro atoms. The Hall–Kier alpha value is -2.69. The van der Waals surface area contributed by atoms with E-state index in [2.05, 4.69) is 15.5 Å². The zero-order chi connectivity index (χ0) is 21.5. The lowest BCUT2D eigenvalue weighted by Gasteiger charge is -2.22. The Labute approximate surface area is 199 Å². The molecule has 0 saturated heterocycles. The van der Waals surface area contributed by atoms with E-state index in [1.54, 1.807) is 19.2 Å². The highest BCUT2D eigenvalue weighted by Crippen LogP contribution is 2.12. The third kappa shape index (κ3) is 6.91. The number of methoxy groups -OCH3 is 1. The van der Waals surface area contributed by atoms with E-state index in [4.69, 9.17) is 9.73 Å². The SMILES string of the molecule is COc1ccc(CN=C(NCc2nnc(C)n2C)N(C)Cc2ccc(F)cc2)cc1.I. The smallest absolute Gasteiger partial charge is 0.194 e. The quantitative estimate of drug-likeness (QED) is 0.283. The van der Waals surface area contributed by atoms with Gasteiger partial charge in [-0.15, -0.1) is 34.2 Å². The van der Waals surface area contributed by atoms with Crippen LogP contribution in [0, 0.1) is 12.7 Å². The van der Waals surface area contributed by atoms with E-state index in [1.807, 2.05) is 54.8 Å². The molecule has 3 aromatic rings. The summed E-state index contributed by atoms with van der Waals surface area (Å²) in [6.45, 7) is 3.51. The summed E-state index contributed by atoms with van der Waals surface area (Å²) >= 11 is 0. The van der Waals surface area contributed by atoms with Gasteiger partial charge in [-0.05, 0) is 42.3 Å². The van der Waals surface area contributed by atoms with Gasteiger partial charge < -0.3 is 19.5 Å². The topological polar surface area (TPSA) is 67.6 Å². The van der Waals surface area contributed by atoms with Gasteiger partial charge in [0.15, 0.2) is 11.8 Å². The fraction of sp³-hybridized carbons (Fsp3) is 0.318. The van der Waals surface area contributed by atoms with E-state index in [9.17, 15) is 4.39 Å². The van der Waals surface area contributed by atoms with Crippen molar-refractivity contribution in [2.24, 2.45) is 12.0 Å². The number of hydrogen-bond donors (Lipinski definition) is 1.